The molecule has 0 N–H and O–H groups in total. The maximum atomic E-state index is 11.9. The van der Waals surface area contributed by atoms with Gasteiger partial charge in [-0.15, -0.1) is 0 Å². The highest BCUT2D eigenvalue weighted by Gasteiger charge is 2.50. The van der Waals surface area contributed by atoms with Crippen LogP contribution in [-0.2, 0) is 16.1 Å². The molecule has 5 heteroatoms. The van der Waals surface area contributed by atoms with Crippen molar-refractivity contribution in [2.75, 3.05) is 39.9 Å². The predicted molar refractivity (Wildman–Crippen MR) is 102 cm³/mol. The summed E-state index contributed by atoms with van der Waals surface area (Å²) in [6, 6.07) is 8.32. The van der Waals surface area contributed by atoms with Gasteiger partial charge in [-0.3, -0.25) is 9.69 Å². The molecule has 1 amide bonds. The maximum Gasteiger partial charge on any atom is 0.219 e. The molecule has 0 spiro atoms. The summed E-state index contributed by atoms with van der Waals surface area (Å²) >= 11 is 0. The number of hydrogen-bond donors (Lipinski definition) is 0. The molecule has 0 bridgehead atoms. The fourth-order valence-corrected chi connectivity index (χ4v) is 4.50. The zero-order valence-corrected chi connectivity index (χ0v) is 16.5. The second-order valence-electron chi connectivity index (χ2n) is 8.15. The summed E-state index contributed by atoms with van der Waals surface area (Å²) in [6.07, 6.45) is 1.24. The van der Waals surface area contributed by atoms with E-state index in [1.165, 1.54) is 5.56 Å². The van der Waals surface area contributed by atoms with Gasteiger partial charge in [0.25, 0.3) is 0 Å². The van der Waals surface area contributed by atoms with Crippen molar-refractivity contribution >= 4 is 5.91 Å². The van der Waals surface area contributed by atoms with Crippen LogP contribution in [0.3, 0.4) is 0 Å². The summed E-state index contributed by atoms with van der Waals surface area (Å²) in [5.74, 6) is 1.63. The third-order valence-corrected chi connectivity index (χ3v) is 5.82. The Morgan fingerprint density at radius 3 is 2.77 bits per heavy atom. The van der Waals surface area contributed by atoms with Gasteiger partial charge in [-0.1, -0.05) is 18.2 Å². The second-order valence-corrected chi connectivity index (χ2v) is 8.15. The van der Waals surface area contributed by atoms with Gasteiger partial charge in [0.15, 0.2) is 0 Å². The van der Waals surface area contributed by atoms with Crippen LogP contribution in [0.1, 0.15) is 32.8 Å². The van der Waals surface area contributed by atoms with Crippen molar-refractivity contribution in [2.24, 2.45) is 11.3 Å². The fraction of sp³-hybridized carbons (Fsp3) is 0.667. The van der Waals surface area contributed by atoms with Crippen molar-refractivity contribution in [2.45, 2.75) is 39.8 Å². The van der Waals surface area contributed by atoms with Crippen LogP contribution >= 0.6 is 0 Å². The largest absolute Gasteiger partial charge is 0.491 e. The predicted octanol–water partition coefficient (Wildman–Crippen LogP) is 2.79. The molecule has 0 saturated carbocycles. The minimum absolute atomic E-state index is 0.116. The van der Waals surface area contributed by atoms with Crippen molar-refractivity contribution in [1.82, 2.24) is 9.80 Å². The normalized spacial score (nSPS) is 26.2. The zero-order chi connectivity index (χ0) is 18.7. The minimum atomic E-state index is 0.116. The molecular weight excluding hydrogens is 328 g/mol. The molecule has 144 valence electrons. The van der Waals surface area contributed by atoms with Gasteiger partial charge in [-0.25, -0.2) is 0 Å². The van der Waals surface area contributed by atoms with Crippen LogP contribution < -0.4 is 4.74 Å². The van der Waals surface area contributed by atoms with Gasteiger partial charge in [-0.2, -0.15) is 0 Å². The molecule has 0 radical (unpaired) electrons. The number of amides is 1. The van der Waals surface area contributed by atoms with Crippen molar-refractivity contribution < 1.29 is 14.3 Å². The number of carbonyl (C=O) groups is 1. The molecule has 2 heterocycles. The third-order valence-electron chi connectivity index (χ3n) is 5.82. The first-order valence-corrected chi connectivity index (χ1v) is 9.65. The second kappa shape index (κ2) is 7.97. The number of hydrogen-bond acceptors (Lipinski definition) is 4. The SMILES string of the molecule is COC[C@@]12CCN(Cc3ccccc3OC(C)C)C[C@@H]1CN(C(C)=O)C2. The summed E-state index contributed by atoms with van der Waals surface area (Å²) in [7, 11) is 1.77. The van der Waals surface area contributed by atoms with Crippen molar-refractivity contribution in [3.8, 4) is 5.75 Å². The summed E-state index contributed by atoms with van der Waals surface area (Å²) in [4.78, 5) is 16.4. The molecule has 2 saturated heterocycles. The Balaban J connectivity index is 1.71. The van der Waals surface area contributed by atoms with E-state index in [1.54, 1.807) is 14.0 Å². The highest BCUT2D eigenvalue weighted by molar-refractivity contribution is 5.73. The number of piperidine rings is 1. The van der Waals surface area contributed by atoms with E-state index < -0.39 is 0 Å². The van der Waals surface area contributed by atoms with Crippen LogP contribution in [-0.4, -0.2) is 61.7 Å². The lowest BCUT2D eigenvalue weighted by molar-refractivity contribution is -0.128. The van der Waals surface area contributed by atoms with E-state index in [9.17, 15) is 4.79 Å². The number of methoxy groups -OCH3 is 1. The summed E-state index contributed by atoms with van der Waals surface area (Å²) in [6.45, 7) is 11.1. The Morgan fingerprint density at radius 2 is 2.08 bits per heavy atom. The van der Waals surface area contributed by atoms with Crippen LogP contribution in [0.5, 0.6) is 5.75 Å². The first kappa shape index (κ1) is 19.2. The Kier molecular flexibility index (Phi) is 5.88. The van der Waals surface area contributed by atoms with Crippen molar-refractivity contribution in [1.29, 1.82) is 0 Å². The Morgan fingerprint density at radius 1 is 1.31 bits per heavy atom. The van der Waals surface area contributed by atoms with Gasteiger partial charge in [0.05, 0.1) is 12.7 Å². The number of carbonyl (C=O) groups excluding carboxylic acids is 1. The zero-order valence-electron chi connectivity index (χ0n) is 16.5. The van der Waals surface area contributed by atoms with Gasteiger partial charge >= 0.3 is 0 Å². The number of rotatable bonds is 6. The minimum Gasteiger partial charge on any atom is -0.491 e. The highest BCUT2D eigenvalue weighted by Crippen LogP contribution is 2.43. The summed E-state index contributed by atoms with van der Waals surface area (Å²) in [5.41, 5.74) is 1.35. The average Bonchev–Trinajstić information content (AvgIpc) is 2.96. The number of benzene rings is 1. The van der Waals surface area contributed by atoms with Gasteiger partial charge in [0.1, 0.15) is 5.75 Å². The maximum absolute atomic E-state index is 11.9. The van der Waals surface area contributed by atoms with Gasteiger partial charge in [-0.05, 0) is 38.8 Å². The van der Waals surface area contributed by atoms with Crippen molar-refractivity contribution in [3.63, 3.8) is 0 Å². The molecule has 1 aromatic carbocycles. The number of nitrogens with zero attached hydrogens (tertiary/aromatic N) is 2. The molecule has 0 aliphatic carbocycles. The average molecular weight is 360 g/mol. The highest BCUT2D eigenvalue weighted by atomic mass is 16.5. The van der Waals surface area contributed by atoms with E-state index >= 15 is 0 Å². The summed E-state index contributed by atoms with van der Waals surface area (Å²) < 4.78 is 11.5. The molecule has 3 rings (SSSR count). The molecule has 2 fully saturated rings. The Labute approximate surface area is 157 Å². The molecule has 2 aliphatic heterocycles. The summed E-state index contributed by atoms with van der Waals surface area (Å²) in [5, 5.41) is 0. The number of para-hydroxylation sites is 1. The topological polar surface area (TPSA) is 42.0 Å². The molecule has 1 aromatic rings. The van der Waals surface area contributed by atoms with Gasteiger partial charge in [0, 0.05) is 51.2 Å². The first-order valence-electron chi connectivity index (χ1n) is 9.65. The fourth-order valence-electron chi connectivity index (χ4n) is 4.50. The number of fused-ring (bicyclic) bond motifs is 1. The molecule has 26 heavy (non-hydrogen) atoms. The monoisotopic (exact) mass is 360 g/mol. The van der Waals surface area contributed by atoms with E-state index in [0.717, 1.165) is 51.5 Å². The van der Waals surface area contributed by atoms with E-state index in [4.69, 9.17) is 9.47 Å². The Hall–Kier alpha value is -1.59. The molecule has 2 atom stereocenters. The van der Waals surface area contributed by atoms with Crippen LogP contribution in [0.2, 0.25) is 0 Å². The quantitative estimate of drug-likeness (QED) is 0.782. The van der Waals surface area contributed by atoms with Crippen LogP contribution in [0.15, 0.2) is 24.3 Å². The van der Waals surface area contributed by atoms with E-state index in [0.29, 0.717) is 5.92 Å². The van der Waals surface area contributed by atoms with E-state index in [2.05, 4.69) is 36.9 Å². The van der Waals surface area contributed by atoms with E-state index in [-0.39, 0.29) is 17.4 Å². The van der Waals surface area contributed by atoms with Crippen molar-refractivity contribution in [3.05, 3.63) is 29.8 Å². The number of ether oxygens (including phenoxy) is 2. The lowest BCUT2D eigenvalue weighted by atomic mass is 9.73. The van der Waals surface area contributed by atoms with Crippen LogP contribution in [0.4, 0.5) is 0 Å². The van der Waals surface area contributed by atoms with Gasteiger partial charge < -0.3 is 14.4 Å². The molecule has 5 nitrogen and oxygen atoms in total. The number of likely N-dealkylation sites (tertiary alicyclic amines) is 2. The van der Waals surface area contributed by atoms with Crippen LogP contribution in [0, 0.1) is 11.3 Å². The van der Waals surface area contributed by atoms with Crippen LogP contribution in [0.25, 0.3) is 0 Å². The molecule has 0 unspecified atom stereocenters. The standard InChI is InChI=1S/C21H32N2O3/c1-16(2)26-20-8-6-5-7-18(20)11-22-10-9-21(15-25-4)14-23(17(3)24)13-19(21)12-22/h5-8,16,19H,9-15H2,1-4H3/t19-,21+/m1/s1. The molecule has 2 aliphatic rings. The third kappa shape index (κ3) is 4.04. The smallest absolute Gasteiger partial charge is 0.219 e. The van der Waals surface area contributed by atoms with E-state index in [1.807, 2.05) is 11.0 Å². The Bertz CT molecular complexity index is 633. The molecule has 0 aromatic heterocycles. The lowest BCUT2D eigenvalue weighted by Gasteiger charge is -2.43. The lowest BCUT2D eigenvalue weighted by Crippen LogP contribution is -2.48. The first-order chi connectivity index (χ1) is 12.4. The molecular formula is C21H32N2O3. The van der Waals surface area contributed by atoms with Gasteiger partial charge in [0.2, 0.25) is 5.91 Å².